The number of piperidine rings is 1. The predicted octanol–water partition coefficient (Wildman–Crippen LogP) is 4.33. The Morgan fingerprint density at radius 3 is 2.35 bits per heavy atom. The van der Waals surface area contributed by atoms with Gasteiger partial charge in [-0.25, -0.2) is 9.48 Å². The average molecular weight is 447 g/mol. The van der Waals surface area contributed by atoms with E-state index in [-0.39, 0.29) is 11.9 Å². The van der Waals surface area contributed by atoms with Crippen LogP contribution in [0.2, 0.25) is 5.15 Å². The molecular formula is C23H31ClN4O3. The minimum Gasteiger partial charge on any atom is -0.444 e. The number of nitrogens with one attached hydrogen (secondary N) is 1. The van der Waals surface area contributed by atoms with Crippen LogP contribution in [0.3, 0.4) is 0 Å². The van der Waals surface area contributed by atoms with Crippen LogP contribution in [0.5, 0.6) is 0 Å². The Bertz CT molecular complexity index is 939. The molecule has 2 aromatic rings. The first-order valence-electron chi connectivity index (χ1n) is 10.6. The SMILES string of the molecule is Cc1ccc(Cn2nc(C)c(C(=O)N3CCC(NC(=O)OC(C)(C)C)CC3)c2Cl)cc1. The molecule has 0 aliphatic carbocycles. The lowest BCUT2D eigenvalue weighted by Gasteiger charge is -2.32. The summed E-state index contributed by atoms with van der Waals surface area (Å²) in [6.07, 6.45) is 0.909. The van der Waals surface area contributed by atoms with E-state index in [9.17, 15) is 9.59 Å². The molecule has 2 amide bonds. The Kier molecular flexibility index (Phi) is 6.94. The highest BCUT2D eigenvalue weighted by molar-refractivity contribution is 6.33. The minimum atomic E-state index is -0.534. The van der Waals surface area contributed by atoms with Crippen molar-refractivity contribution in [2.75, 3.05) is 13.1 Å². The number of hydrogen-bond acceptors (Lipinski definition) is 4. The van der Waals surface area contributed by atoms with Gasteiger partial charge in [-0.2, -0.15) is 5.10 Å². The number of hydrogen-bond donors (Lipinski definition) is 1. The lowest BCUT2D eigenvalue weighted by Crippen LogP contribution is -2.47. The minimum absolute atomic E-state index is 0.0141. The predicted molar refractivity (Wildman–Crippen MR) is 121 cm³/mol. The molecule has 1 N–H and O–H groups in total. The molecule has 1 fully saturated rings. The fourth-order valence-corrected chi connectivity index (χ4v) is 3.94. The summed E-state index contributed by atoms with van der Waals surface area (Å²) in [5.41, 5.74) is 2.80. The highest BCUT2D eigenvalue weighted by Gasteiger charge is 2.29. The third-order valence-corrected chi connectivity index (χ3v) is 5.62. The molecule has 0 radical (unpaired) electrons. The number of nitrogens with zero attached hydrogens (tertiary/aromatic N) is 3. The first-order chi connectivity index (χ1) is 14.5. The van der Waals surface area contributed by atoms with Crippen molar-refractivity contribution in [1.29, 1.82) is 0 Å². The quantitative estimate of drug-likeness (QED) is 0.758. The van der Waals surface area contributed by atoms with Gasteiger partial charge in [-0.3, -0.25) is 4.79 Å². The summed E-state index contributed by atoms with van der Waals surface area (Å²) in [5, 5.41) is 7.75. The average Bonchev–Trinajstić information content (AvgIpc) is 2.95. The number of ether oxygens (including phenoxy) is 1. The number of amides is 2. The molecule has 7 nitrogen and oxygen atoms in total. The maximum atomic E-state index is 13.1. The highest BCUT2D eigenvalue weighted by Crippen LogP contribution is 2.24. The normalized spacial score (nSPS) is 15.1. The van der Waals surface area contributed by atoms with Crippen LogP contribution in [0.25, 0.3) is 0 Å². The highest BCUT2D eigenvalue weighted by atomic mass is 35.5. The second kappa shape index (κ2) is 9.30. The van der Waals surface area contributed by atoms with E-state index in [4.69, 9.17) is 16.3 Å². The van der Waals surface area contributed by atoms with Gasteiger partial charge >= 0.3 is 6.09 Å². The summed E-state index contributed by atoms with van der Waals surface area (Å²) in [6, 6.07) is 8.14. The zero-order chi connectivity index (χ0) is 22.8. The number of aryl methyl sites for hydroxylation is 2. The standard InChI is InChI=1S/C23H31ClN4O3/c1-15-6-8-17(9-7-15)14-28-20(24)19(16(2)26-28)21(29)27-12-10-18(11-13-27)25-22(30)31-23(3,4)5/h6-9,18H,10-14H2,1-5H3,(H,25,30). The van der Waals surface area contributed by atoms with Gasteiger partial charge in [-0.15, -0.1) is 0 Å². The van der Waals surface area contributed by atoms with Gasteiger partial charge in [0.2, 0.25) is 0 Å². The van der Waals surface area contributed by atoms with Crippen molar-refractivity contribution in [3.63, 3.8) is 0 Å². The number of halogens is 1. The Labute approximate surface area is 188 Å². The van der Waals surface area contributed by atoms with Crippen molar-refractivity contribution in [1.82, 2.24) is 20.0 Å². The van der Waals surface area contributed by atoms with Gasteiger partial charge in [0.05, 0.1) is 17.8 Å². The monoisotopic (exact) mass is 446 g/mol. The van der Waals surface area contributed by atoms with Gasteiger partial charge < -0.3 is 15.0 Å². The summed E-state index contributed by atoms with van der Waals surface area (Å²) in [5.74, 6) is -0.117. The zero-order valence-corrected chi connectivity index (χ0v) is 19.6. The molecule has 0 saturated carbocycles. The molecule has 2 heterocycles. The lowest BCUT2D eigenvalue weighted by molar-refractivity contribution is 0.0473. The third-order valence-electron chi connectivity index (χ3n) is 5.24. The maximum absolute atomic E-state index is 13.1. The van der Waals surface area contributed by atoms with Crippen molar-refractivity contribution >= 4 is 23.6 Å². The molecule has 1 aromatic heterocycles. The van der Waals surface area contributed by atoms with E-state index in [1.165, 1.54) is 5.56 Å². The molecule has 0 spiro atoms. The molecular weight excluding hydrogens is 416 g/mol. The summed E-state index contributed by atoms with van der Waals surface area (Å²) in [4.78, 5) is 26.9. The molecule has 8 heteroatoms. The van der Waals surface area contributed by atoms with Gasteiger partial charge in [0.15, 0.2) is 0 Å². The molecule has 0 unspecified atom stereocenters. The fourth-order valence-electron chi connectivity index (χ4n) is 3.63. The first-order valence-corrected chi connectivity index (χ1v) is 11.0. The molecule has 0 bridgehead atoms. The van der Waals surface area contributed by atoms with Crippen molar-refractivity contribution in [2.45, 2.75) is 65.6 Å². The van der Waals surface area contributed by atoms with Crippen molar-refractivity contribution in [2.24, 2.45) is 0 Å². The van der Waals surface area contributed by atoms with Crippen LogP contribution in [0, 0.1) is 13.8 Å². The van der Waals surface area contributed by atoms with E-state index >= 15 is 0 Å². The summed E-state index contributed by atoms with van der Waals surface area (Å²) in [6.45, 7) is 10.9. The van der Waals surface area contributed by atoms with E-state index in [2.05, 4.69) is 10.4 Å². The van der Waals surface area contributed by atoms with Crippen LogP contribution < -0.4 is 5.32 Å². The van der Waals surface area contributed by atoms with E-state index in [1.807, 2.05) is 58.9 Å². The summed E-state index contributed by atoms with van der Waals surface area (Å²) in [7, 11) is 0. The maximum Gasteiger partial charge on any atom is 0.407 e. The van der Waals surface area contributed by atoms with Crippen molar-refractivity contribution in [3.8, 4) is 0 Å². The number of rotatable bonds is 4. The van der Waals surface area contributed by atoms with Crippen molar-refractivity contribution in [3.05, 3.63) is 51.8 Å². The number of alkyl carbamates (subject to hydrolysis) is 1. The number of aromatic nitrogens is 2. The number of carbonyl (C=O) groups excluding carboxylic acids is 2. The van der Waals surface area contributed by atoms with Crippen LogP contribution in [-0.2, 0) is 11.3 Å². The second-order valence-electron chi connectivity index (χ2n) is 9.11. The van der Waals surface area contributed by atoms with E-state index in [1.54, 1.807) is 9.58 Å². The largest absolute Gasteiger partial charge is 0.444 e. The molecule has 3 rings (SSSR count). The van der Waals surface area contributed by atoms with Crippen LogP contribution in [0.15, 0.2) is 24.3 Å². The van der Waals surface area contributed by atoms with E-state index in [0.29, 0.717) is 48.9 Å². The van der Waals surface area contributed by atoms with Crippen LogP contribution in [-0.4, -0.2) is 51.4 Å². The van der Waals surface area contributed by atoms with Gasteiger partial charge in [-0.05, 0) is 53.0 Å². The lowest BCUT2D eigenvalue weighted by atomic mass is 10.0. The van der Waals surface area contributed by atoms with Crippen molar-refractivity contribution < 1.29 is 14.3 Å². The Hall–Kier alpha value is -2.54. The topological polar surface area (TPSA) is 76.5 Å². The second-order valence-corrected chi connectivity index (χ2v) is 9.47. The fraction of sp³-hybridized carbons (Fsp3) is 0.522. The van der Waals surface area contributed by atoms with Gasteiger partial charge in [0.1, 0.15) is 10.8 Å². The van der Waals surface area contributed by atoms with Crippen LogP contribution >= 0.6 is 11.6 Å². The summed E-state index contributed by atoms with van der Waals surface area (Å²) < 4.78 is 6.99. The van der Waals surface area contributed by atoms with E-state index < -0.39 is 11.7 Å². The molecule has 31 heavy (non-hydrogen) atoms. The molecule has 168 valence electrons. The Morgan fingerprint density at radius 2 is 1.77 bits per heavy atom. The Balaban J connectivity index is 1.61. The Morgan fingerprint density at radius 1 is 1.16 bits per heavy atom. The number of benzene rings is 1. The molecule has 0 atom stereocenters. The van der Waals surface area contributed by atoms with Gasteiger partial charge in [0.25, 0.3) is 5.91 Å². The van der Waals surface area contributed by atoms with Gasteiger partial charge in [-0.1, -0.05) is 41.4 Å². The number of carbonyl (C=O) groups is 2. The summed E-state index contributed by atoms with van der Waals surface area (Å²) >= 11 is 6.56. The third kappa shape index (κ3) is 6.00. The van der Waals surface area contributed by atoms with Crippen LogP contribution in [0.4, 0.5) is 4.79 Å². The molecule has 1 aliphatic heterocycles. The first kappa shape index (κ1) is 23.1. The number of likely N-dealkylation sites (tertiary alicyclic amines) is 1. The zero-order valence-electron chi connectivity index (χ0n) is 18.9. The van der Waals surface area contributed by atoms with Gasteiger partial charge in [0, 0.05) is 19.1 Å². The van der Waals surface area contributed by atoms with E-state index in [0.717, 1.165) is 5.56 Å². The smallest absolute Gasteiger partial charge is 0.407 e. The molecule has 1 saturated heterocycles. The van der Waals surface area contributed by atoms with Crippen LogP contribution in [0.1, 0.15) is 60.8 Å². The molecule has 1 aromatic carbocycles. The molecule has 1 aliphatic rings.